The number of aromatic nitrogens is 1. The van der Waals surface area contributed by atoms with Crippen LogP contribution in [0.3, 0.4) is 0 Å². The summed E-state index contributed by atoms with van der Waals surface area (Å²) in [5.41, 5.74) is 5.91. The molecule has 27 heavy (non-hydrogen) atoms. The molecule has 0 saturated carbocycles. The summed E-state index contributed by atoms with van der Waals surface area (Å²) in [5.74, 6) is -0.0368. The fourth-order valence-electron chi connectivity index (χ4n) is 3.28. The average molecular weight is 399 g/mol. The van der Waals surface area contributed by atoms with Crippen LogP contribution in [0.5, 0.6) is 0 Å². The monoisotopic (exact) mass is 398 g/mol. The summed E-state index contributed by atoms with van der Waals surface area (Å²) >= 11 is 0. The number of aliphatic hydroxyl groups is 1. The number of sulfonamides is 1. The number of carbonyl (C=O) groups excluding carboxylic acids is 1. The van der Waals surface area contributed by atoms with Gasteiger partial charge in [-0.25, -0.2) is 13.4 Å². The Morgan fingerprint density at radius 1 is 1.41 bits per heavy atom. The molecule has 1 aromatic rings. The highest BCUT2D eigenvalue weighted by molar-refractivity contribution is 7.89. The number of amides is 1. The quantitative estimate of drug-likeness (QED) is 0.640. The number of hydrogen-bond acceptors (Lipinski definition) is 6. The second-order valence-corrected chi connectivity index (χ2v) is 9.42. The fourth-order valence-corrected chi connectivity index (χ4v) is 4.89. The van der Waals surface area contributed by atoms with Crippen molar-refractivity contribution in [1.82, 2.24) is 14.6 Å². The van der Waals surface area contributed by atoms with Crippen molar-refractivity contribution in [2.75, 3.05) is 6.54 Å². The normalized spacial score (nSPS) is 25.8. The Hall–Kier alpha value is -1.55. The summed E-state index contributed by atoms with van der Waals surface area (Å²) in [7, 11) is -3.83. The molecule has 2 rings (SSSR count). The Kier molecular flexibility index (Phi) is 7.32. The lowest BCUT2D eigenvalue weighted by Gasteiger charge is -2.28. The van der Waals surface area contributed by atoms with Crippen LogP contribution in [0.15, 0.2) is 29.4 Å². The van der Waals surface area contributed by atoms with E-state index in [0.717, 1.165) is 0 Å². The molecule has 2 heterocycles. The lowest BCUT2D eigenvalue weighted by molar-refractivity contribution is -0.124. The predicted molar refractivity (Wildman–Crippen MR) is 102 cm³/mol. The van der Waals surface area contributed by atoms with E-state index in [1.807, 2.05) is 13.8 Å². The minimum atomic E-state index is -3.83. The third-order valence-corrected chi connectivity index (χ3v) is 6.72. The summed E-state index contributed by atoms with van der Waals surface area (Å²) in [5, 5.41) is 13.3. The Morgan fingerprint density at radius 2 is 2.11 bits per heavy atom. The van der Waals surface area contributed by atoms with Gasteiger partial charge in [-0.15, -0.1) is 0 Å². The second kappa shape index (κ2) is 9.09. The van der Waals surface area contributed by atoms with E-state index < -0.39 is 28.2 Å². The van der Waals surface area contributed by atoms with Crippen molar-refractivity contribution in [2.24, 2.45) is 11.7 Å². The molecule has 1 fully saturated rings. The summed E-state index contributed by atoms with van der Waals surface area (Å²) in [6, 6.07) is 3.18. The molecule has 0 radical (unpaired) electrons. The van der Waals surface area contributed by atoms with Crippen molar-refractivity contribution < 1.29 is 18.3 Å². The standard InChI is InChI=1S/C18H30N4O4S/c1-12(2)10-14(19)18(24)21-15-8-7-13(3)22(11-16(15)23)27(25,26)17-6-4-5-9-20-17/h4-6,9,12-16,23H,7-8,10-11,19H2,1-3H3,(H,21,24)/t13-,14+,15+,16+/m1/s1. The van der Waals surface area contributed by atoms with E-state index in [1.54, 1.807) is 19.1 Å². The minimum Gasteiger partial charge on any atom is -0.390 e. The average Bonchev–Trinajstić information content (AvgIpc) is 2.75. The first-order valence-electron chi connectivity index (χ1n) is 9.29. The molecule has 1 aromatic heterocycles. The van der Waals surface area contributed by atoms with Crippen LogP contribution in [-0.4, -0.2) is 59.5 Å². The van der Waals surface area contributed by atoms with Crippen LogP contribution in [0.2, 0.25) is 0 Å². The number of rotatable bonds is 6. The van der Waals surface area contributed by atoms with Gasteiger partial charge in [0, 0.05) is 18.8 Å². The molecule has 9 heteroatoms. The van der Waals surface area contributed by atoms with E-state index >= 15 is 0 Å². The number of nitrogens with two attached hydrogens (primary N) is 1. The molecule has 1 amide bonds. The second-order valence-electron chi connectivity index (χ2n) is 7.59. The first kappa shape index (κ1) is 21.7. The third kappa shape index (κ3) is 5.47. The SMILES string of the molecule is CC(C)C[C@H](N)C(=O)N[C@H]1CC[C@@H](C)N(S(=O)(=O)c2ccccn2)C[C@@H]1O. The molecule has 1 aliphatic heterocycles. The number of hydrogen-bond donors (Lipinski definition) is 3. The van der Waals surface area contributed by atoms with Crippen molar-refractivity contribution in [1.29, 1.82) is 0 Å². The Bertz CT molecular complexity index is 726. The van der Waals surface area contributed by atoms with Gasteiger partial charge in [-0.3, -0.25) is 4.79 Å². The van der Waals surface area contributed by atoms with Gasteiger partial charge in [-0.05, 0) is 44.2 Å². The molecule has 0 aromatic carbocycles. The van der Waals surface area contributed by atoms with E-state index in [1.165, 1.54) is 16.6 Å². The Labute approximate surface area is 161 Å². The van der Waals surface area contributed by atoms with Crippen molar-refractivity contribution in [3.05, 3.63) is 24.4 Å². The number of aliphatic hydroxyl groups excluding tert-OH is 1. The van der Waals surface area contributed by atoms with Crippen LogP contribution in [0.4, 0.5) is 0 Å². The summed E-state index contributed by atoms with van der Waals surface area (Å²) < 4.78 is 27.1. The molecular formula is C18H30N4O4S. The number of carbonyl (C=O) groups is 1. The molecule has 4 N–H and O–H groups in total. The van der Waals surface area contributed by atoms with E-state index in [9.17, 15) is 18.3 Å². The van der Waals surface area contributed by atoms with Crippen LogP contribution in [0.1, 0.15) is 40.0 Å². The molecule has 8 nitrogen and oxygen atoms in total. The largest absolute Gasteiger partial charge is 0.390 e. The smallest absolute Gasteiger partial charge is 0.260 e. The highest BCUT2D eigenvalue weighted by Gasteiger charge is 2.37. The summed E-state index contributed by atoms with van der Waals surface area (Å²) in [6.45, 7) is 5.65. The molecule has 0 bridgehead atoms. The van der Waals surface area contributed by atoms with Crippen molar-refractivity contribution in [2.45, 2.75) is 69.3 Å². The van der Waals surface area contributed by atoms with Gasteiger partial charge in [0.05, 0.1) is 18.2 Å². The van der Waals surface area contributed by atoms with E-state index in [2.05, 4.69) is 10.3 Å². The van der Waals surface area contributed by atoms with Gasteiger partial charge in [-0.2, -0.15) is 4.31 Å². The lowest BCUT2D eigenvalue weighted by Crippen LogP contribution is -2.52. The molecule has 0 unspecified atom stereocenters. The molecule has 4 atom stereocenters. The Morgan fingerprint density at radius 3 is 2.70 bits per heavy atom. The van der Waals surface area contributed by atoms with Gasteiger partial charge in [0.2, 0.25) is 5.91 Å². The topological polar surface area (TPSA) is 126 Å². The van der Waals surface area contributed by atoms with E-state index in [-0.39, 0.29) is 29.4 Å². The zero-order valence-corrected chi connectivity index (χ0v) is 16.9. The van der Waals surface area contributed by atoms with Gasteiger partial charge in [0.15, 0.2) is 5.03 Å². The zero-order chi connectivity index (χ0) is 20.2. The molecule has 1 saturated heterocycles. The van der Waals surface area contributed by atoms with Crippen molar-refractivity contribution in [3.8, 4) is 0 Å². The highest BCUT2D eigenvalue weighted by Crippen LogP contribution is 2.24. The van der Waals surface area contributed by atoms with Gasteiger partial charge in [0.1, 0.15) is 0 Å². The number of β-amino-alcohol motifs (C(OH)–C–C–N with tert-alkyl or cyclic N) is 1. The molecular weight excluding hydrogens is 368 g/mol. The third-order valence-electron chi connectivity index (χ3n) is 4.82. The first-order chi connectivity index (χ1) is 12.6. The van der Waals surface area contributed by atoms with Crippen LogP contribution in [0, 0.1) is 5.92 Å². The maximum Gasteiger partial charge on any atom is 0.260 e. The molecule has 0 aliphatic carbocycles. The van der Waals surface area contributed by atoms with Crippen LogP contribution < -0.4 is 11.1 Å². The summed E-state index contributed by atoms with van der Waals surface area (Å²) in [6.07, 6.45) is 1.92. The first-order valence-corrected chi connectivity index (χ1v) is 10.7. The lowest BCUT2D eigenvalue weighted by atomic mass is 10.0. The van der Waals surface area contributed by atoms with E-state index in [0.29, 0.717) is 19.3 Å². The summed E-state index contributed by atoms with van der Waals surface area (Å²) in [4.78, 5) is 16.2. The maximum atomic E-state index is 12.9. The van der Waals surface area contributed by atoms with Gasteiger partial charge < -0.3 is 16.2 Å². The Balaban J connectivity index is 2.12. The predicted octanol–water partition coefficient (Wildman–Crippen LogP) is 0.474. The molecule has 1 aliphatic rings. The van der Waals surface area contributed by atoms with Gasteiger partial charge in [0.25, 0.3) is 10.0 Å². The van der Waals surface area contributed by atoms with E-state index in [4.69, 9.17) is 5.73 Å². The zero-order valence-electron chi connectivity index (χ0n) is 16.1. The fraction of sp³-hybridized carbons (Fsp3) is 0.667. The van der Waals surface area contributed by atoms with Gasteiger partial charge in [-0.1, -0.05) is 19.9 Å². The number of nitrogens with one attached hydrogen (secondary N) is 1. The maximum absolute atomic E-state index is 12.9. The van der Waals surface area contributed by atoms with Crippen molar-refractivity contribution >= 4 is 15.9 Å². The minimum absolute atomic E-state index is 0.0505. The number of pyridine rings is 1. The molecule has 0 spiro atoms. The highest BCUT2D eigenvalue weighted by atomic mass is 32.2. The molecule has 152 valence electrons. The van der Waals surface area contributed by atoms with Crippen LogP contribution in [0.25, 0.3) is 0 Å². The van der Waals surface area contributed by atoms with Crippen LogP contribution in [-0.2, 0) is 14.8 Å². The van der Waals surface area contributed by atoms with Crippen LogP contribution >= 0.6 is 0 Å². The van der Waals surface area contributed by atoms with Crippen molar-refractivity contribution in [3.63, 3.8) is 0 Å². The number of nitrogens with zero attached hydrogens (tertiary/aromatic N) is 2. The van der Waals surface area contributed by atoms with Gasteiger partial charge >= 0.3 is 0 Å².